The van der Waals surface area contributed by atoms with Gasteiger partial charge in [-0.2, -0.15) is 0 Å². The van der Waals surface area contributed by atoms with Gasteiger partial charge in [0.2, 0.25) is 0 Å². The first-order valence-corrected chi connectivity index (χ1v) is 11.9. The SMILES string of the molecule is O=c1[nH]c2ccc(CCCN3CC=C(c4ccc(Cl)cc4)CC3)cc2c2c1CCCC2. The van der Waals surface area contributed by atoms with Crippen LogP contribution < -0.4 is 5.56 Å². The van der Waals surface area contributed by atoms with E-state index in [2.05, 4.69) is 46.3 Å². The van der Waals surface area contributed by atoms with Gasteiger partial charge in [0, 0.05) is 34.6 Å². The molecule has 3 nitrogen and oxygen atoms in total. The van der Waals surface area contributed by atoms with Crippen molar-refractivity contribution in [1.29, 1.82) is 0 Å². The van der Waals surface area contributed by atoms with Crippen molar-refractivity contribution in [3.8, 4) is 0 Å². The molecule has 0 amide bonds. The summed E-state index contributed by atoms with van der Waals surface area (Å²) in [6.07, 6.45) is 9.97. The third kappa shape index (κ3) is 4.49. The van der Waals surface area contributed by atoms with Crippen molar-refractivity contribution >= 4 is 28.1 Å². The number of halogens is 1. The topological polar surface area (TPSA) is 36.1 Å². The Bertz CT molecular complexity index is 1180. The Morgan fingerprint density at radius 3 is 2.55 bits per heavy atom. The van der Waals surface area contributed by atoms with E-state index in [9.17, 15) is 4.79 Å². The van der Waals surface area contributed by atoms with E-state index in [0.717, 1.165) is 74.3 Å². The molecular weight excluding hydrogens is 404 g/mol. The number of fused-ring (bicyclic) bond motifs is 3. The maximum Gasteiger partial charge on any atom is 0.251 e. The standard InChI is InChI=1S/C27H29ClN2O/c28-22-10-8-20(9-11-22)21-13-16-30(17-14-21)15-3-4-19-7-12-26-25(18-19)23-5-1-2-6-24(23)27(31)29-26/h7-13,18H,1-6,14-17H2,(H,29,31). The Morgan fingerprint density at radius 1 is 0.968 bits per heavy atom. The van der Waals surface area contributed by atoms with Crippen LogP contribution in [0.4, 0.5) is 0 Å². The summed E-state index contributed by atoms with van der Waals surface area (Å²) in [5.74, 6) is 0. The lowest BCUT2D eigenvalue weighted by Gasteiger charge is -2.26. The summed E-state index contributed by atoms with van der Waals surface area (Å²) in [5.41, 5.74) is 7.52. The van der Waals surface area contributed by atoms with Gasteiger partial charge < -0.3 is 4.98 Å². The number of aromatic nitrogens is 1. The molecule has 2 aromatic carbocycles. The largest absolute Gasteiger partial charge is 0.322 e. The van der Waals surface area contributed by atoms with Gasteiger partial charge in [-0.1, -0.05) is 35.9 Å². The van der Waals surface area contributed by atoms with E-state index >= 15 is 0 Å². The molecule has 1 aliphatic heterocycles. The number of pyridine rings is 1. The average molecular weight is 433 g/mol. The predicted octanol–water partition coefficient (Wildman–Crippen LogP) is 5.78. The molecule has 2 heterocycles. The van der Waals surface area contributed by atoms with Crippen LogP contribution in [0.25, 0.3) is 16.5 Å². The van der Waals surface area contributed by atoms with E-state index in [1.165, 1.54) is 34.1 Å². The zero-order valence-electron chi connectivity index (χ0n) is 17.9. The Kier molecular flexibility index (Phi) is 5.97. The number of aromatic amines is 1. The fraction of sp³-hybridized carbons (Fsp3) is 0.370. The van der Waals surface area contributed by atoms with Gasteiger partial charge in [-0.3, -0.25) is 9.69 Å². The van der Waals surface area contributed by atoms with Crippen molar-refractivity contribution in [1.82, 2.24) is 9.88 Å². The van der Waals surface area contributed by atoms with Crippen LogP contribution in [0.1, 0.15) is 47.9 Å². The molecular formula is C27H29ClN2O. The number of hydrogen-bond donors (Lipinski definition) is 1. The van der Waals surface area contributed by atoms with Gasteiger partial charge in [-0.15, -0.1) is 0 Å². The maximum atomic E-state index is 12.4. The summed E-state index contributed by atoms with van der Waals surface area (Å²) in [5, 5.41) is 2.06. The molecule has 0 fully saturated rings. The van der Waals surface area contributed by atoms with Crippen LogP contribution >= 0.6 is 11.6 Å². The molecule has 0 saturated carbocycles. The molecule has 1 N–H and O–H groups in total. The van der Waals surface area contributed by atoms with Crippen molar-refractivity contribution in [2.75, 3.05) is 19.6 Å². The monoisotopic (exact) mass is 432 g/mol. The maximum absolute atomic E-state index is 12.4. The normalized spacial score (nSPS) is 16.9. The first-order valence-electron chi connectivity index (χ1n) is 11.5. The zero-order valence-corrected chi connectivity index (χ0v) is 18.7. The smallest absolute Gasteiger partial charge is 0.251 e. The minimum absolute atomic E-state index is 0.117. The van der Waals surface area contributed by atoms with E-state index in [4.69, 9.17) is 11.6 Å². The van der Waals surface area contributed by atoms with Crippen LogP contribution in [0.5, 0.6) is 0 Å². The zero-order chi connectivity index (χ0) is 21.2. The highest BCUT2D eigenvalue weighted by Gasteiger charge is 2.17. The third-order valence-electron chi connectivity index (χ3n) is 6.85. The second kappa shape index (κ2) is 9.02. The van der Waals surface area contributed by atoms with Gasteiger partial charge in [0.15, 0.2) is 0 Å². The Hall–Kier alpha value is -2.36. The van der Waals surface area contributed by atoms with Crippen LogP contribution in [-0.4, -0.2) is 29.5 Å². The Morgan fingerprint density at radius 2 is 1.77 bits per heavy atom. The Labute approximate surface area is 188 Å². The van der Waals surface area contributed by atoms with Crippen molar-refractivity contribution in [3.05, 3.63) is 86.2 Å². The van der Waals surface area contributed by atoms with E-state index in [-0.39, 0.29) is 5.56 Å². The van der Waals surface area contributed by atoms with Crippen LogP contribution in [0, 0.1) is 0 Å². The molecule has 0 atom stereocenters. The first kappa shape index (κ1) is 20.5. The highest BCUT2D eigenvalue weighted by Crippen LogP contribution is 2.27. The van der Waals surface area contributed by atoms with Gasteiger partial charge >= 0.3 is 0 Å². The molecule has 0 spiro atoms. The number of rotatable bonds is 5. The number of hydrogen-bond acceptors (Lipinski definition) is 2. The minimum atomic E-state index is 0.117. The summed E-state index contributed by atoms with van der Waals surface area (Å²) < 4.78 is 0. The van der Waals surface area contributed by atoms with Crippen LogP contribution in [0.2, 0.25) is 5.02 Å². The quantitative estimate of drug-likeness (QED) is 0.554. The molecule has 0 radical (unpaired) electrons. The van der Waals surface area contributed by atoms with Crippen molar-refractivity contribution in [2.24, 2.45) is 0 Å². The van der Waals surface area contributed by atoms with Crippen LogP contribution in [0.3, 0.4) is 0 Å². The van der Waals surface area contributed by atoms with E-state index in [0.29, 0.717) is 0 Å². The summed E-state index contributed by atoms with van der Waals surface area (Å²) in [4.78, 5) is 18.0. The van der Waals surface area contributed by atoms with Crippen molar-refractivity contribution in [2.45, 2.75) is 44.9 Å². The lowest BCUT2D eigenvalue weighted by molar-refractivity contribution is 0.298. The van der Waals surface area contributed by atoms with E-state index in [1.807, 2.05) is 12.1 Å². The highest BCUT2D eigenvalue weighted by molar-refractivity contribution is 6.30. The van der Waals surface area contributed by atoms with Gasteiger partial charge in [0.05, 0.1) is 0 Å². The minimum Gasteiger partial charge on any atom is -0.322 e. The lowest BCUT2D eigenvalue weighted by atomic mass is 9.89. The summed E-state index contributed by atoms with van der Waals surface area (Å²) in [7, 11) is 0. The molecule has 0 bridgehead atoms. The molecule has 160 valence electrons. The number of benzene rings is 2. The second-order valence-electron chi connectivity index (χ2n) is 8.89. The predicted molar refractivity (Wildman–Crippen MR) is 130 cm³/mol. The molecule has 3 aromatic rings. The van der Waals surface area contributed by atoms with Crippen molar-refractivity contribution < 1.29 is 0 Å². The summed E-state index contributed by atoms with van der Waals surface area (Å²) >= 11 is 6.01. The average Bonchev–Trinajstić information content (AvgIpc) is 2.81. The third-order valence-corrected chi connectivity index (χ3v) is 7.10. The summed E-state index contributed by atoms with van der Waals surface area (Å²) in [6.45, 7) is 3.25. The molecule has 1 aliphatic carbocycles. The molecule has 5 rings (SSSR count). The van der Waals surface area contributed by atoms with Gasteiger partial charge in [-0.25, -0.2) is 0 Å². The number of nitrogens with zero attached hydrogens (tertiary/aromatic N) is 1. The molecule has 0 unspecified atom stereocenters. The lowest BCUT2D eigenvalue weighted by Crippen LogP contribution is -2.29. The Balaban J connectivity index is 1.21. The van der Waals surface area contributed by atoms with Gasteiger partial charge in [0.1, 0.15) is 0 Å². The molecule has 31 heavy (non-hydrogen) atoms. The molecule has 4 heteroatoms. The van der Waals surface area contributed by atoms with E-state index in [1.54, 1.807) is 0 Å². The second-order valence-corrected chi connectivity index (χ2v) is 9.33. The van der Waals surface area contributed by atoms with Crippen LogP contribution in [-0.2, 0) is 19.3 Å². The number of nitrogens with one attached hydrogen (secondary N) is 1. The molecule has 1 aromatic heterocycles. The van der Waals surface area contributed by atoms with Gasteiger partial charge in [0.25, 0.3) is 5.56 Å². The molecule has 0 saturated heterocycles. The molecule has 2 aliphatic rings. The fourth-order valence-electron chi connectivity index (χ4n) is 5.10. The summed E-state index contributed by atoms with van der Waals surface area (Å²) in [6, 6.07) is 14.8. The van der Waals surface area contributed by atoms with Gasteiger partial charge in [-0.05, 0) is 98.0 Å². The van der Waals surface area contributed by atoms with Crippen molar-refractivity contribution in [3.63, 3.8) is 0 Å². The highest BCUT2D eigenvalue weighted by atomic mass is 35.5. The van der Waals surface area contributed by atoms with E-state index < -0.39 is 0 Å². The van der Waals surface area contributed by atoms with Crippen LogP contribution in [0.15, 0.2) is 53.3 Å². The fourth-order valence-corrected chi connectivity index (χ4v) is 5.23. The first-order chi connectivity index (χ1) is 15.2. The number of H-pyrrole nitrogens is 1. The number of aryl methyl sites for hydroxylation is 2.